The molecule has 0 spiro atoms. The summed E-state index contributed by atoms with van der Waals surface area (Å²) in [7, 11) is 1.28. The van der Waals surface area contributed by atoms with Gasteiger partial charge in [0.15, 0.2) is 0 Å². The van der Waals surface area contributed by atoms with E-state index in [1.807, 2.05) is 30.3 Å². The molecule has 6 nitrogen and oxygen atoms in total. The molecule has 0 saturated carbocycles. The number of ether oxygens (including phenoxy) is 3. The fourth-order valence-corrected chi connectivity index (χ4v) is 2.28. The standard InChI is InChI=1S/C17H24BrNO5/c1-17(2,3)24-16(21)19-13(14(18)15(20)22-4)11-23-10-12-8-6-5-7-9-12/h5-9,13-14H,10-11H2,1-4H3,(H,19,21)/t13-,14+/m1/s1. The summed E-state index contributed by atoms with van der Waals surface area (Å²) >= 11 is 3.24. The summed E-state index contributed by atoms with van der Waals surface area (Å²) in [6, 6.07) is 8.98. The number of benzene rings is 1. The molecule has 134 valence electrons. The average Bonchev–Trinajstić information content (AvgIpc) is 2.51. The Morgan fingerprint density at radius 3 is 2.38 bits per heavy atom. The zero-order valence-corrected chi connectivity index (χ0v) is 16.0. The smallest absolute Gasteiger partial charge is 0.408 e. The monoisotopic (exact) mass is 401 g/mol. The Hall–Kier alpha value is -1.60. The molecule has 0 saturated heterocycles. The lowest BCUT2D eigenvalue weighted by molar-refractivity contribution is -0.140. The normalized spacial score (nSPS) is 13.7. The SMILES string of the molecule is COC(=O)[C@@H](Br)[C@@H](COCc1ccccc1)NC(=O)OC(C)(C)C. The highest BCUT2D eigenvalue weighted by Gasteiger charge is 2.30. The van der Waals surface area contributed by atoms with Crippen molar-refractivity contribution in [2.24, 2.45) is 0 Å². The first-order chi connectivity index (χ1) is 11.2. The van der Waals surface area contributed by atoms with E-state index in [-0.39, 0.29) is 6.61 Å². The summed E-state index contributed by atoms with van der Waals surface area (Å²) in [4.78, 5) is 22.9. The van der Waals surface area contributed by atoms with Gasteiger partial charge in [-0.2, -0.15) is 0 Å². The quantitative estimate of drug-likeness (QED) is 0.561. The highest BCUT2D eigenvalue weighted by Crippen LogP contribution is 2.12. The Kier molecular flexibility index (Phi) is 8.21. The Labute approximate surface area is 151 Å². The van der Waals surface area contributed by atoms with E-state index in [9.17, 15) is 9.59 Å². The van der Waals surface area contributed by atoms with Crippen LogP contribution in [0.3, 0.4) is 0 Å². The van der Waals surface area contributed by atoms with Crippen LogP contribution in [0.1, 0.15) is 26.3 Å². The van der Waals surface area contributed by atoms with Crippen molar-refractivity contribution in [1.82, 2.24) is 5.32 Å². The predicted molar refractivity (Wildman–Crippen MR) is 94.0 cm³/mol. The van der Waals surface area contributed by atoms with Crippen LogP contribution in [0, 0.1) is 0 Å². The first-order valence-electron chi connectivity index (χ1n) is 7.56. The zero-order chi connectivity index (χ0) is 18.2. The number of nitrogens with one attached hydrogen (secondary N) is 1. The van der Waals surface area contributed by atoms with Gasteiger partial charge in [0.25, 0.3) is 0 Å². The van der Waals surface area contributed by atoms with E-state index in [0.717, 1.165) is 5.56 Å². The maximum atomic E-state index is 12.0. The lowest BCUT2D eigenvalue weighted by Gasteiger charge is -2.25. The molecular formula is C17H24BrNO5. The number of alkyl carbamates (subject to hydrolysis) is 1. The van der Waals surface area contributed by atoms with Crippen LogP contribution in [0.4, 0.5) is 4.79 Å². The molecule has 7 heteroatoms. The molecule has 1 rings (SSSR count). The molecule has 0 aromatic heterocycles. The second-order valence-electron chi connectivity index (χ2n) is 6.18. The van der Waals surface area contributed by atoms with E-state index in [1.165, 1.54) is 7.11 Å². The zero-order valence-electron chi connectivity index (χ0n) is 14.4. The number of rotatable bonds is 7. The van der Waals surface area contributed by atoms with Crippen molar-refractivity contribution >= 4 is 28.0 Å². The summed E-state index contributed by atoms with van der Waals surface area (Å²) in [5, 5.41) is 2.64. The van der Waals surface area contributed by atoms with Crippen LogP contribution in [-0.4, -0.2) is 42.2 Å². The number of amides is 1. The number of hydrogen-bond donors (Lipinski definition) is 1. The number of hydrogen-bond acceptors (Lipinski definition) is 5. The average molecular weight is 402 g/mol. The molecule has 0 fully saturated rings. The fourth-order valence-electron chi connectivity index (χ4n) is 1.81. The number of esters is 1. The number of methoxy groups -OCH3 is 1. The lowest BCUT2D eigenvalue weighted by atomic mass is 10.2. The maximum absolute atomic E-state index is 12.0. The van der Waals surface area contributed by atoms with Crippen molar-refractivity contribution in [3.8, 4) is 0 Å². The van der Waals surface area contributed by atoms with Crippen LogP contribution in [0.2, 0.25) is 0 Å². The molecule has 0 aliphatic rings. The summed E-state index contributed by atoms with van der Waals surface area (Å²) < 4.78 is 15.5. The van der Waals surface area contributed by atoms with Crippen molar-refractivity contribution in [1.29, 1.82) is 0 Å². The van der Waals surface area contributed by atoms with Crippen LogP contribution < -0.4 is 5.32 Å². The second kappa shape index (κ2) is 9.64. The highest BCUT2D eigenvalue weighted by atomic mass is 79.9. The molecule has 24 heavy (non-hydrogen) atoms. The first-order valence-corrected chi connectivity index (χ1v) is 8.47. The van der Waals surface area contributed by atoms with Gasteiger partial charge in [-0.05, 0) is 26.3 Å². The number of halogens is 1. The van der Waals surface area contributed by atoms with Gasteiger partial charge in [0, 0.05) is 0 Å². The molecule has 0 unspecified atom stereocenters. The Morgan fingerprint density at radius 2 is 1.83 bits per heavy atom. The van der Waals surface area contributed by atoms with Crippen LogP contribution in [0.15, 0.2) is 30.3 Å². The summed E-state index contributed by atoms with van der Waals surface area (Å²) in [5.41, 5.74) is 0.366. The van der Waals surface area contributed by atoms with Crippen LogP contribution >= 0.6 is 15.9 Å². The summed E-state index contributed by atoms with van der Waals surface area (Å²) in [5.74, 6) is -0.501. The summed E-state index contributed by atoms with van der Waals surface area (Å²) in [6.45, 7) is 5.78. The van der Waals surface area contributed by atoms with Crippen LogP contribution in [0.25, 0.3) is 0 Å². The maximum Gasteiger partial charge on any atom is 0.408 e. The molecule has 0 radical (unpaired) electrons. The van der Waals surface area contributed by atoms with Crippen molar-refractivity contribution in [2.75, 3.05) is 13.7 Å². The van der Waals surface area contributed by atoms with E-state index in [0.29, 0.717) is 6.61 Å². The second-order valence-corrected chi connectivity index (χ2v) is 7.16. The number of alkyl halides is 1. The highest BCUT2D eigenvalue weighted by molar-refractivity contribution is 9.10. The third-order valence-electron chi connectivity index (χ3n) is 2.89. The number of carbonyl (C=O) groups excluding carboxylic acids is 2. The first kappa shape index (κ1) is 20.4. The minimum Gasteiger partial charge on any atom is -0.468 e. The van der Waals surface area contributed by atoms with Gasteiger partial charge in [-0.25, -0.2) is 4.79 Å². The summed E-state index contributed by atoms with van der Waals surface area (Å²) in [6.07, 6.45) is -0.621. The Bertz CT molecular complexity index is 530. The van der Waals surface area contributed by atoms with Gasteiger partial charge in [-0.3, -0.25) is 4.79 Å². The third kappa shape index (κ3) is 7.79. The van der Waals surface area contributed by atoms with E-state index in [2.05, 4.69) is 21.2 Å². The van der Waals surface area contributed by atoms with E-state index in [4.69, 9.17) is 14.2 Å². The minimum atomic E-state index is -0.745. The predicted octanol–water partition coefficient (Wildman–Crippen LogP) is 3.03. The molecule has 1 aromatic rings. The topological polar surface area (TPSA) is 73.9 Å². The van der Waals surface area contributed by atoms with Crippen molar-refractivity contribution < 1.29 is 23.8 Å². The Morgan fingerprint density at radius 1 is 1.21 bits per heavy atom. The molecule has 0 aliphatic carbocycles. The largest absolute Gasteiger partial charge is 0.468 e. The van der Waals surface area contributed by atoms with Gasteiger partial charge >= 0.3 is 12.1 Å². The van der Waals surface area contributed by atoms with Gasteiger partial charge in [0.05, 0.1) is 26.4 Å². The van der Waals surface area contributed by atoms with Gasteiger partial charge in [-0.1, -0.05) is 46.3 Å². The van der Waals surface area contributed by atoms with Gasteiger partial charge in [0.1, 0.15) is 10.4 Å². The van der Waals surface area contributed by atoms with Crippen molar-refractivity contribution in [3.05, 3.63) is 35.9 Å². The van der Waals surface area contributed by atoms with Crippen molar-refractivity contribution in [2.45, 2.75) is 43.8 Å². The molecule has 2 atom stereocenters. The van der Waals surface area contributed by atoms with Gasteiger partial charge < -0.3 is 19.5 Å². The molecular weight excluding hydrogens is 378 g/mol. The number of carbonyl (C=O) groups is 2. The molecule has 0 aliphatic heterocycles. The van der Waals surface area contributed by atoms with E-state index in [1.54, 1.807) is 20.8 Å². The third-order valence-corrected chi connectivity index (χ3v) is 3.90. The lowest BCUT2D eigenvalue weighted by Crippen LogP contribution is -2.48. The van der Waals surface area contributed by atoms with Crippen LogP contribution in [-0.2, 0) is 25.6 Å². The molecule has 0 bridgehead atoms. The molecule has 1 N–H and O–H groups in total. The molecule has 1 amide bonds. The van der Waals surface area contributed by atoms with Crippen LogP contribution in [0.5, 0.6) is 0 Å². The minimum absolute atomic E-state index is 0.124. The van der Waals surface area contributed by atoms with Gasteiger partial charge in [-0.15, -0.1) is 0 Å². The van der Waals surface area contributed by atoms with E-state index < -0.39 is 28.5 Å². The molecule has 0 heterocycles. The van der Waals surface area contributed by atoms with Gasteiger partial charge in [0.2, 0.25) is 0 Å². The van der Waals surface area contributed by atoms with Crippen molar-refractivity contribution in [3.63, 3.8) is 0 Å². The fraction of sp³-hybridized carbons (Fsp3) is 0.529. The Balaban J connectivity index is 2.63. The molecule has 1 aromatic carbocycles. The van der Waals surface area contributed by atoms with E-state index >= 15 is 0 Å².